The topological polar surface area (TPSA) is 46.2 Å². The SMILES string of the molecule is CCS(=O)(=O)CCNc1ccc(Cl)cc1F. The monoisotopic (exact) mass is 265 g/mol. The molecule has 0 bridgehead atoms. The highest BCUT2D eigenvalue weighted by Gasteiger charge is 2.07. The van der Waals surface area contributed by atoms with Gasteiger partial charge in [-0.2, -0.15) is 0 Å². The Labute approximate surface area is 99.5 Å². The van der Waals surface area contributed by atoms with Crippen LogP contribution in [-0.4, -0.2) is 26.5 Å². The molecular weight excluding hydrogens is 253 g/mol. The molecule has 3 nitrogen and oxygen atoms in total. The van der Waals surface area contributed by atoms with Crippen LogP contribution in [0, 0.1) is 5.82 Å². The van der Waals surface area contributed by atoms with E-state index in [-0.39, 0.29) is 23.7 Å². The van der Waals surface area contributed by atoms with Crippen LogP contribution in [-0.2, 0) is 9.84 Å². The Morgan fingerprint density at radius 3 is 2.69 bits per heavy atom. The molecule has 0 atom stereocenters. The van der Waals surface area contributed by atoms with Gasteiger partial charge in [0.1, 0.15) is 5.82 Å². The Bertz CT molecular complexity index is 462. The van der Waals surface area contributed by atoms with E-state index in [9.17, 15) is 12.8 Å². The Hall–Kier alpha value is -0.810. The van der Waals surface area contributed by atoms with E-state index in [0.29, 0.717) is 5.02 Å². The maximum atomic E-state index is 13.3. The number of nitrogens with one attached hydrogen (secondary N) is 1. The molecule has 0 unspecified atom stereocenters. The highest BCUT2D eigenvalue weighted by Crippen LogP contribution is 2.18. The summed E-state index contributed by atoms with van der Waals surface area (Å²) in [4.78, 5) is 0. The smallest absolute Gasteiger partial charge is 0.151 e. The summed E-state index contributed by atoms with van der Waals surface area (Å²) >= 11 is 5.58. The van der Waals surface area contributed by atoms with Gasteiger partial charge in [-0.15, -0.1) is 0 Å². The molecule has 0 aliphatic rings. The Morgan fingerprint density at radius 1 is 1.44 bits per heavy atom. The van der Waals surface area contributed by atoms with E-state index < -0.39 is 15.7 Å². The summed E-state index contributed by atoms with van der Waals surface area (Å²) < 4.78 is 35.6. The zero-order chi connectivity index (χ0) is 12.2. The van der Waals surface area contributed by atoms with Crippen molar-refractivity contribution in [2.24, 2.45) is 0 Å². The lowest BCUT2D eigenvalue weighted by molar-refractivity contribution is 0.597. The van der Waals surface area contributed by atoms with Crippen molar-refractivity contribution < 1.29 is 12.8 Å². The fraction of sp³-hybridized carbons (Fsp3) is 0.400. The van der Waals surface area contributed by atoms with Gasteiger partial charge in [0.2, 0.25) is 0 Å². The molecule has 0 radical (unpaired) electrons. The maximum absolute atomic E-state index is 13.3. The van der Waals surface area contributed by atoms with Gasteiger partial charge in [-0.05, 0) is 18.2 Å². The van der Waals surface area contributed by atoms with Gasteiger partial charge in [-0.3, -0.25) is 0 Å². The highest BCUT2D eigenvalue weighted by atomic mass is 35.5. The molecule has 0 aliphatic carbocycles. The van der Waals surface area contributed by atoms with Crippen LogP contribution >= 0.6 is 11.6 Å². The average molecular weight is 266 g/mol. The van der Waals surface area contributed by atoms with Crippen molar-refractivity contribution in [3.8, 4) is 0 Å². The second-order valence-corrected chi connectivity index (χ2v) is 6.20. The molecule has 0 aromatic heterocycles. The molecule has 0 spiro atoms. The van der Waals surface area contributed by atoms with Gasteiger partial charge >= 0.3 is 0 Å². The molecular formula is C10H13ClFNO2S. The van der Waals surface area contributed by atoms with Crippen LogP contribution in [0.1, 0.15) is 6.92 Å². The molecule has 90 valence electrons. The summed E-state index contributed by atoms with van der Waals surface area (Å²) in [5.74, 6) is -0.398. The Balaban J connectivity index is 2.56. The molecule has 6 heteroatoms. The molecule has 0 amide bonds. The lowest BCUT2D eigenvalue weighted by Gasteiger charge is -2.07. The van der Waals surface area contributed by atoms with Gasteiger partial charge in [-0.1, -0.05) is 18.5 Å². The summed E-state index contributed by atoms with van der Waals surface area (Å²) in [6, 6.07) is 4.20. The van der Waals surface area contributed by atoms with Crippen LogP contribution in [0.2, 0.25) is 5.02 Å². The molecule has 1 aromatic rings. The van der Waals surface area contributed by atoms with E-state index in [1.165, 1.54) is 12.1 Å². The number of anilines is 1. The molecule has 0 saturated carbocycles. The van der Waals surface area contributed by atoms with Crippen LogP contribution in [0.15, 0.2) is 18.2 Å². The van der Waals surface area contributed by atoms with Gasteiger partial charge in [0.05, 0.1) is 11.4 Å². The summed E-state index contributed by atoms with van der Waals surface area (Å²) in [7, 11) is -3.02. The number of rotatable bonds is 5. The van der Waals surface area contributed by atoms with Crippen LogP contribution in [0.3, 0.4) is 0 Å². The first kappa shape index (κ1) is 13.3. The first-order valence-electron chi connectivity index (χ1n) is 4.84. The van der Waals surface area contributed by atoms with E-state index in [1.807, 2.05) is 0 Å². The third kappa shape index (κ3) is 3.98. The van der Waals surface area contributed by atoms with Crippen LogP contribution in [0.5, 0.6) is 0 Å². The molecule has 1 N–H and O–H groups in total. The summed E-state index contributed by atoms with van der Waals surface area (Å²) in [5, 5.41) is 3.03. The lowest BCUT2D eigenvalue weighted by Crippen LogP contribution is -2.17. The average Bonchev–Trinajstić information content (AvgIpc) is 2.21. The predicted molar refractivity (Wildman–Crippen MR) is 64.2 cm³/mol. The molecule has 1 aromatic carbocycles. The van der Waals surface area contributed by atoms with Crippen molar-refractivity contribution in [3.05, 3.63) is 29.0 Å². The quantitative estimate of drug-likeness (QED) is 0.889. The van der Waals surface area contributed by atoms with E-state index >= 15 is 0 Å². The van der Waals surface area contributed by atoms with E-state index in [2.05, 4.69) is 5.32 Å². The zero-order valence-electron chi connectivity index (χ0n) is 8.83. The van der Waals surface area contributed by atoms with Crippen LogP contribution in [0.25, 0.3) is 0 Å². The number of benzene rings is 1. The van der Waals surface area contributed by atoms with Gasteiger partial charge in [-0.25, -0.2) is 12.8 Å². The van der Waals surface area contributed by atoms with Gasteiger partial charge < -0.3 is 5.32 Å². The normalized spacial score (nSPS) is 11.4. The minimum absolute atomic E-state index is 0.00837. The maximum Gasteiger partial charge on any atom is 0.151 e. The number of hydrogen-bond donors (Lipinski definition) is 1. The molecule has 1 rings (SSSR count). The van der Waals surface area contributed by atoms with E-state index in [4.69, 9.17) is 11.6 Å². The standard InChI is InChI=1S/C10H13ClFNO2S/c1-2-16(14,15)6-5-13-10-4-3-8(11)7-9(10)12/h3-4,7,13H,2,5-6H2,1H3. The van der Waals surface area contributed by atoms with E-state index in [0.717, 1.165) is 0 Å². The Morgan fingerprint density at radius 2 is 2.12 bits per heavy atom. The summed E-state index contributed by atoms with van der Waals surface area (Å²) in [6.07, 6.45) is 0. The first-order valence-corrected chi connectivity index (χ1v) is 7.04. The molecule has 16 heavy (non-hydrogen) atoms. The second-order valence-electron chi connectivity index (χ2n) is 3.29. The minimum Gasteiger partial charge on any atom is -0.382 e. The second kappa shape index (κ2) is 5.50. The minimum atomic E-state index is -3.02. The molecule has 0 aliphatic heterocycles. The molecule has 0 saturated heterocycles. The van der Waals surface area contributed by atoms with Crippen LogP contribution < -0.4 is 5.32 Å². The first-order chi connectivity index (χ1) is 7.44. The van der Waals surface area contributed by atoms with Crippen molar-refractivity contribution in [2.45, 2.75) is 6.92 Å². The fourth-order valence-corrected chi connectivity index (χ4v) is 1.98. The number of halogens is 2. The fourth-order valence-electron chi connectivity index (χ4n) is 1.12. The largest absolute Gasteiger partial charge is 0.382 e. The highest BCUT2D eigenvalue weighted by molar-refractivity contribution is 7.91. The third-order valence-electron chi connectivity index (χ3n) is 2.10. The summed E-state index contributed by atoms with van der Waals surface area (Å²) in [6.45, 7) is 1.77. The Kier molecular flexibility index (Phi) is 4.56. The van der Waals surface area contributed by atoms with Crippen molar-refractivity contribution in [1.29, 1.82) is 0 Å². The van der Waals surface area contributed by atoms with Crippen molar-refractivity contribution in [1.82, 2.24) is 0 Å². The molecule has 0 heterocycles. The number of hydrogen-bond acceptors (Lipinski definition) is 3. The lowest BCUT2D eigenvalue weighted by atomic mass is 10.3. The number of sulfone groups is 1. The predicted octanol–water partition coefficient (Wildman–Crippen LogP) is 2.33. The van der Waals surface area contributed by atoms with E-state index in [1.54, 1.807) is 13.0 Å². The summed E-state index contributed by atoms with van der Waals surface area (Å²) in [5.41, 5.74) is 0.260. The van der Waals surface area contributed by atoms with Gasteiger partial charge in [0, 0.05) is 17.3 Å². The van der Waals surface area contributed by atoms with Crippen molar-refractivity contribution in [2.75, 3.05) is 23.4 Å². The zero-order valence-corrected chi connectivity index (χ0v) is 10.4. The third-order valence-corrected chi connectivity index (χ3v) is 4.04. The van der Waals surface area contributed by atoms with Gasteiger partial charge in [0.15, 0.2) is 9.84 Å². The van der Waals surface area contributed by atoms with Gasteiger partial charge in [0.25, 0.3) is 0 Å². The van der Waals surface area contributed by atoms with Crippen molar-refractivity contribution in [3.63, 3.8) is 0 Å². The van der Waals surface area contributed by atoms with Crippen molar-refractivity contribution >= 4 is 27.1 Å². The molecule has 0 fully saturated rings. The van der Waals surface area contributed by atoms with Crippen LogP contribution in [0.4, 0.5) is 10.1 Å².